The maximum absolute atomic E-state index is 11.9. The molecule has 0 unspecified atom stereocenters. The molecule has 84 valence electrons. The largest absolute Gasteiger partial charge is 0.392 e. The predicted octanol–water partition coefficient (Wildman–Crippen LogP) is 1.85. The summed E-state index contributed by atoms with van der Waals surface area (Å²) in [6.07, 6.45) is 3.07. The predicted molar refractivity (Wildman–Crippen MR) is 69.0 cm³/mol. The Bertz CT molecular complexity index is 442. The Kier molecular flexibility index (Phi) is 2.94. The van der Waals surface area contributed by atoms with Gasteiger partial charge in [0.1, 0.15) is 5.82 Å². The van der Waals surface area contributed by atoms with Crippen LogP contribution in [0.5, 0.6) is 0 Å². The molecule has 2 rings (SSSR count). The van der Waals surface area contributed by atoms with E-state index in [2.05, 4.69) is 26.2 Å². The van der Waals surface area contributed by atoms with Crippen molar-refractivity contribution in [2.45, 2.75) is 12.8 Å². The van der Waals surface area contributed by atoms with E-state index in [-0.39, 0.29) is 10.9 Å². The second kappa shape index (κ2) is 4.10. The number of nitrogens with zero attached hydrogens (tertiary/aromatic N) is 1. The van der Waals surface area contributed by atoms with Gasteiger partial charge in [-0.05, 0) is 40.9 Å². The summed E-state index contributed by atoms with van der Waals surface area (Å²) in [5.41, 5.74) is 4.92. The topological polar surface area (TPSA) is 68.0 Å². The molecule has 1 saturated carbocycles. The molecule has 16 heavy (non-hydrogen) atoms. The van der Waals surface area contributed by atoms with Gasteiger partial charge in [-0.25, -0.2) is 4.98 Å². The number of nitrogens with two attached hydrogens (primary N) is 1. The van der Waals surface area contributed by atoms with Gasteiger partial charge in [-0.15, -0.1) is 0 Å². The van der Waals surface area contributed by atoms with Gasteiger partial charge in [-0.2, -0.15) is 0 Å². The quantitative estimate of drug-likeness (QED) is 0.836. The van der Waals surface area contributed by atoms with Crippen LogP contribution in [0.3, 0.4) is 0 Å². The van der Waals surface area contributed by atoms with Crippen LogP contribution in [-0.2, 0) is 4.79 Å². The van der Waals surface area contributed by atoms with E-state index in [9.17, 15) is 4.79 Å². The molecular weight excluding hydrogens is 290 g/mol. The summed E-state index contributed by atoms with van der Waals surface area (Å²) in [4.78, 5) is 16.2. The number of carbonyl (C=O) groups excluding carboxylic acids is 1. The lowest BCUT2D eigenvalue weighted by molar-refractivity contribution is -0.118. The van der Waals surface area contributed by atoms with Crippen molar-refractivity contribution in [3.63, 3.8) is 0 Å². The fourth-order valence-corrected chi connectivity index (χ4v) is 1.93. The van der Waals surface area contributed by atoms with Gasteiger partial charge in [0.15, 0.2) is 0 Å². The van der Waals surface area contributed by atoms with E-state index in [4.69, 9.17) is 18.0 Å². The van der Waals surface area contributed by atoms with Crippen molar-refractivity contribution in [2.75, 3.05) is 5.32 Å². The summed E-state index contributed by atoms with van der Waals surface area (Å²) >= 11 is 8.17. The number of rotatable bonds is 3. The molecule has 0 aliphatic heterocycles. The van der Waals surface area contributed by atoms with Crippen LogP contribution in [0.1, 0.15) is 12.8 Å². The van der Waals surface area contributed by atoms with E-state index in [1.165, 1.54) is 0 Å². The number of amides is 1. The normalized spacial score (nSPS) is 16.6. The molecule has 0 radical (unpaired) electrons. The lowest BCUT2D eigenvalue weighted by Crippen LogP contribution is -2.35. The molecule has 0 bridgehead atoms. The summed E-state index contributed by atoms with van der Waals surface area (Å²) in [5, 5.41) is 2.71. The lowest BCUT2D eigenvalue weighted by Gasteiger charge is -2.12. The van der Waals surface area contributed by atoms with Gasteiger partial charge in [0.2, 0.25) is 5.91 Å². The molecule has 0 spiro atoms. The van der Waals surface area contributed by atoms with Crippen LogP contribution in [0.15, 0.2) is 22.8 Å². The molecule has 0 saturated heterocycles. The minimum absolute atomic E-state index is 0.158. The molecular formula is C10H10BrN3OS. The van der Waals surface area contributed by atoms with Crippen molar-refractivity contribution in [1.29, 1.82) is 0 Å². The number of aromatic nitrogens is 1. The lowest BCUT2D eigenvalue weighted by atomic mass is 10.1. The Morgan fingerprint density at radius 3 is 2.69 bits per heavy atom. The van der Waals surface area contributed by atoms with Crippen molar-refractivity contribution in [3.05, 3.63) is 22.8 Å². The molecule has 3 N–H and O–H groups in total. The van der Waals surface area contributed by atoms with Crippen molar-refractivity contribution in [1.82, 2.24) is 4.98 Å². The molecule has 6 heteroatoms. The summed E-state index contributed by atoms with van der Waals surface area (Å²) < 4.78 is 0.862. The fourth-order valence-electron chi connectivity index (χ4n) is 1.40. The molecule has 1 heterocycles. The van der Waals surface area contributed by atoms with Crippen molar-refractivity contribution < 1.29 is 4.79 Å². The first-order valence-corrected chi connectivity index (χ1v) is 5.98. The first-order chi connectivity index (χ1) is 7.54. The first-order valence-electron chi connectivity index (χ1n) is 4.77. The third kappa shape index (κ3) is 2.08. The molecule has 1 aliphatic carbocycles. The van der Waals surface area contributed by atoms with Crippen molar-refractivity contribution in [2.24, 2.45) is 11.1 Å². The Morgan fingerprint density at radius 1 is 1.56 bits per heavy atom. The number of anilines is 1. The number of hydrogen-bond acceptors (Lipinski definition) is 3. The molecule has 1 fully saturated rings. The maximum Gasteiger partial charge on any atom is 0.238 e. The van der Waals surface area contributed by atoms with Crippen LogP contribution < -0.4 is 11.1 Å². The van der Waals surface area contributed by atoms with Crippen LogP contribution in [0.2, 0.25) is 0 Å². The Labute approximate surface area is 107 Å². The van der Waals surface area contributed by atoms with E-state index in [1.807, 2.05) is 6.07 Å². The Balaban J connectivity index is 2.08. The van der Waals surface area contributed by atoms with Gasteiger partial charge in [0.25, 0.3) is 0 Å². The molecule has 4 nitrogen and oxygen atoms in total. The highest BCUT2D eigenvalue weighted by Gasteiger charge is 2.52. The summed E-state index contributed by atoms with van der Waals surface area (Å²) in [7, 11) is 0. The van der Waals surface area contributed by atoms with Crippen molar-refractivity contribution in [3.8, 4) is 0 Å². The molecule has 1 amide bonds. The molecule has 1 aliphatic rings. The summed E-state index contributed by atoms with van der Waals surface area (Å²) in [5.74, 6) is 0.352. The minimum Gasteiger partial charge on any atom is -0.392 e. The van der Waals surface area contributed by atoms with E-state index in [0.717, 1.165) is 17.3 Å². The highest BCUT2D eigenvalue weighted by Crippen LogP contribution is 2.46. The molecule has 0 atom stereocenters. The zero-order chi connectivity index (χ0) is 11.8. The van der Waals surface area contributed by atoms with Crippen LogP contribution in [0.4, 0.5) is 5.82 Å². The number of thiocarbonyl (C=S) groups is 1. The number of halogens is 1. The minimum atomic E-state index is -0.635. The molecule has 0 aromatic carbocycles. The summed E-state index contributed by atoms with van der Waals surface area (Å²) in [6, 6.07) is 3.53. The molecule has 1 aromatic heterocycles. The van der Waals surface area contributed by atoms with Gasteiger partial charge < -0.3 is 11.1 Å². The smallest absolute Gasteiger partial charge is 0.238 e. The van der Waals surface area contributed by atoms with Crippen LogP contribution >= 0.6 is 28.1 Å². The van der Waals surface area contributed by atoms with E-state index in [1.54, 1.807) is 12.3 Å². The third-order valence-electron chi connectivity index (χ3n) is 2.63. The Hall–Kier alpha value is -1.01. The maximum atomic E-state index is 11.9. The molecule has 1 aromatic rings. The second-order valence-electron chi connectivity index (χ2n) is 3.76. The zero-order valence-electron chi connectivity index (χ0n) is 8.37. The monoisotopic (exact) mass is 299 g/mol. The number of nitrogens with one attached hydrogen (secondary N) is 1. The van der Waals surface area contributed by atoms with Gasteiger partial charge in [-0.3, -0.25) is 4.79 Å². The van der Waals surface area contributed by atoms with E-state index < -0.39 is 5.41 Å². The van der Waals surface area contributed by atoms with Gasteiger partial charge in [0.05, 0.1) is 10.4 Å². The van der Waals surface area contributed by atoms with Gasteiger partial charge >= 0.3 is 0 Å². The van der Waals surface area contributed by atoms with Gasteiger partial charge in [-0.1, -0.05) is 12.2 Å². The van der Waals surface area contributed by atoms with Crippen LogP contribution in [-0.4, -0.2) is 15.9 Å². The fraction of sp³-hybridized carbons (Fsp3) is 0.300. The van der Waals surface area contributed by atoms with Crippen molar-refractivity contribution >= 4 is 44.9 Å². The van der Waals surface area contributed by atoms with Crippen LogP contribution in [0, 0.1) is 5.41 Å². The average molecular weight is 300 g/mol. The number of hydrogen-bond donors (Lipinski definition) is 2. The number of pyridine rings is 1. The van der Waals surface area contributed by atoms with Crippen LogP contribution in [0.25, 0.3) is 0 Å². The highest BCUT2D eigenvalue weighted by molar-refractivity contribution is 9.10. The number of carbonyl (C=O) groups is 1. The zero-order valence-corrected chi connectivity index (χ0v) is 10.8. The van der Waals surface area contributed by atoms with Gasteiger partial charge in [0, 0.05) is 10.7 Å². The summed E-state index contributed by atoms with van der Waals surface area (Å²) in [6.45, 7) is 0. The second-order valence-corrected chi connectivity index (χ2v) is 5.12. The Morgan fingerprint density at radius 2 is 2.25 bits per heavy atom. The third-order valence-corrected chi connectivity index (χ3v) is 3.49. The standard InChI is InChI=1S/C10H10BrN3OS/c11-6-1-2-7(13-5-6)14-9(15)10(3-4-10)8(12)16/h1-2,5H,3-4H2,(H2,12,16)(H,13,14,15). The average Bonchev–Trinajstić information content (AvgIpc) is 3.02. The first kappa shape index (κ1) is 11.5. The highest BCUT2D eigenvalue weighted by atomic mass is 79.9. The van der Waals surface area contributed by atoms with E-state index in [0.29, 0.717) is 5.82 Å². The van der Waals surface area contributed by atoms with E-state index >= 15 is 0 Å². The SMILES string of the molecule is NC(=S)C1(C(=O)Nc2ccc(Br)cn2)CC1.